The van der Waals surface area contributed by atoms with Crippen LogP contribution in [0.5, 0.6) is 0 Å². The molecule has 2 aliphatic heterocycles. The fraction of sp³-hybridized carbons (Fsp3) is 0.375. The number of aliphatic imine (C=N–C) groups is 2. The van der Waals surface area contributed by atoms with Gasteiger partial charge in [-0.25, -0.2) is 44.4 Å². The van der Waals surface area contributed by atoms with Gasteiger partial charge in [0.25, 0.3) is 0 Å². The van der Waals surface area contributed by atoms with E-state index in [0.29, 0.717) is 22.9 Å². The van der Waals surface area contributed by atoms with E-state index in [4.69, 9.17) is 11.5 Å². The number of carbonyl (C=O) groups excluding carboxylic acids is 2. The van der Waals surface area contributed by atoms with Gasteiger partial charge in [-0.15, -0.1) is 0 Å². The van der Waals surface area contributed by atoms with Crippen LogP contribution in [0, 0.1) is 30.2 Å². The third kappa shape index (κ3) is 8.80. The molecule has 2 aromatic carbocycles. The molecule has 0 saturated heterocycles. The average molecular weight is 858 g/mol. The molecule has 19 heteroatoms. The van der Waals surface area contributed by atoms with Gasteiger partial charge in [-0.2, -0.15) is 0 Å². The first kappa shape index (κ1) is 44.7. The summed E-state index contributed by atoms with van der Waals surface area (Å²) in [6, 6.07) is 8.41. The van der Waals surface area contributed by atoms with Gasteiger partial charge < -0.3 is 11.5 Å². The maximum atomic E-state index is 14.7. The minimum absolute atomic E-state index is 0.0292. The van der Waals surface area contributed by atoms with Gasteiger partial charge in [-0.3, -0.25) is 24.6 Å². The molecular formula is C40H43F4N7O6S2. The molecular weight excluding hydrogens is 815 g/mol. The van der Waals surface area contributed by atoms with Gasteiger partial charge in [-0.1, -0.05) is 12.1 Å². The predicted octanol–water partition coefficient (Wildman–Crippen LogP) is 4.83. The minimum atomic E-state index is -3.76. The second-order valence-electron chi connectivity index (χ2n) is 15.9. The van der Waals surface area contributed by atoms with Crippen molar-refractivity contribution in [3.05, 3.63) is 124 Å². The van der Waals surface area contributed by atoms with E-state index in [2.05, 4.69) is 24.9 Å². The lowest BCUT2D eigenvalue weighted by Gasteiger charge is -2.38. The van der Waals surface area contributed by atoms with Gasteiger partial charge in [0, 0.05) is 36.2 Å². The number of rotatable bonds is 8. The largest absolute Gasteiger partial charge is 0.386 e. The molecule has 59 heavy (non-hydrogen) atoms. The van der Waals surface area contributed by atoms with Crippen LogP contribution in [0.1, 0.15) is 90.5 Å². The quantitative estimate of drug-likeness (QED) is 0.181. The molecule has 2 aliphatic rings. The first-order valence-electron chi connectivity index (χ1n) is 18.0. The highest BCUT2D eigenvalue weighted by molar-refractivity contribution is 7.94. The summed E-state index contributed by atoms with van der Waals surface area (Å²) in [4.78, 5) is 45.1. The molecule has 4 aromatic rings. The molecule has 2 atom stereocenters. The SMILES string of the molecule is CC1(C)C(N)=N[C@](C)(c2cc(CC(=O)c3ncc(F)cc3F)ccc2F)CS1(=O)=O.Cc1cnc(C(=O)Cc2ccc(F)c([C@]3(C)CS(=O)(=O)C(C)(C)C(N)=N3)c2)cn1. The number of carbonyl (C=O) groups is 2. The van der Waals surface area contributed by atoms with E-state index in [9.17, 15) is 44.0 Å². The zero-order valence-corrected chi connectivity index (χ0v) is 34.9. The monoisotopic (exact) mass is 857 g/mol. The van der Waals surface area contributed by atoms with Crippen LogP contribution in [0.15, 0.2) is 71.0 Å². The molecule has 0 radical (unpaired) electrons. The Labute approximate surface area is 339 Å². The highest BCUT2D eigenvalue weighted by Gasteiger charge is 2.50. The van der Waals surface area contributed by atoms with Gasteiger partial charge in [-0.05, 0) is 83.9 Å². The van der Waals surface area contributed by atoms with Crippen molar-refractivity contribution in [1.82, 2.24) is 15.0 Å². The fourth-order valence-corrected chi connectivity index (χ4v) is 9.82. The number of hydrogen-bond donors (Lipinski definition) is 2. The first-order valence-corrected chi connectivity index (χ1v) is 21.3. The van der Waals surface area contributed by atoms with Gasteiger partial charge in [0.1, 0.15) is 61.1 Å². The maximum Gasteiger partial charge on any atom is 0.188 e. The van der Waals surface area contributed by atoms with Crippen LogP contribution in [0.2, 0.25) is 0 Å². The Kier molecular flexibility index (Phi) is 11.8. The molecule has 0 amide bonds. The number of hydrogen-bond acceptors (Lipinski definition) is 13. The van der Waals surface area contributed by atoms with Crippen molar-refractivity contribution in [2.45, 2.75) is 81.9 Å². The van der Waals surface area contributed by atoms with Gasteiger partial charge in [0.15, 0.2) is 37.1 Å². The third-order valence-electron chi connectivity index (χ3n) is 10.6. The molecule has 314 valence electrons. The Bertz CT molecular complexity index is 2650. The molecule has 0 fully saturated rings. The van der Waals surface area contributed by atoms with Gasteiger partial charge in [0.05, 0.1) is 29.6 Å². The molecule has 6 rings (SSSR count). The highest BCUT2D eigenvalue weighted by atomic mass is 32.2. The van der Waals surface area contributed by atoms with E-state index < -0.39 is 80.7 Å². The Morgan fingerprint density at radius 1 is 0.627 bits per heavy atom. The van der Waals surface area contributed by atoms with E-state index in [0.717, 1.165) is 12.3 Å². The van der Waals surface area contributed by atoms with E-state index in [1.165, 1.54) is 84.3 Å². The summed E-state index contributed by atoms with van der Waals surface area (Å²) >= 11 is 0. The number of Topliss-reactive ketones (excluding diaryl/α,β-unsaturated/α-hetero) is 2. The maximum absolute atomic E-state index is 14.7. The lowest BCUT2D eigenvalue weighted by Crippen LogP contribution is -2.55. The summed E-state index contributed by atoms with van der Waals surface area (Å²) in [6.45, 7) is 10.6. The number of aryl methyl sites for hydroxylation is 1. The van der Waals surface area contributed by atoms with Crippen LogP contribution in [-0.4, -0.2) is 76.0 Å². The van der Waals surface area contributed by atoms with Crippen molar-refractivity contribution < 1.29 is 44.0 Å². The number of ketones is 2. The molecule has 0 saturated carbocycles. The molecule has 4 N–H and O–H groups in total. The van der Waals surface area contributed by atoms with Crippen LogP contribution in [-0.2, 0) is 43.6 Å². The van der Waals surface area contributed by atoms with Gasteiger partial charge in [0.2, 0.25) is 0 Å². The predicted molar refractivity (Wildman–Crippen MR) is 213 cm³/mol. The summed E-state index contributed by atoms with van der Waals surface area (Å²) < 4.78 is 104. The molecule has 0 bridgehead atoms. The van der Waals surface area contributed by atoms with Crippen molar-refractivity contribution in [2.75, 3.05) is 11.5 Å². The average Bonchev–Trinajstić information content (AvgIpc) is 3.11. The molecule has 4 heterocycles. The lowest BCUT2D eigenvalue weighted by molar-refractivity contribution is 0.0977. The molecule has 2 aromatic heterocycles. The van der Waals surface area contributed by atoms with Crippen molar-refractivity contribution in [1.29, 1.82) is 0 Å². The van der Waals surface area contributed by atoms with Crippen LogP contribution in [0.3, 0.4) is 0 Å². The van der Waals surface area contributed by atoms with Crippen molar-refractivity contribution in [3.63, 3.8) is 0 Å². The Balaban J connectivity index is 0.000000224. The van der Waals surface area contributed by atoms with Crippen LogP contribution < -0.4 is 11.5 Å². The van der Waals surface area contributed by atoms with Crippen molar-refractivity contribution in [3.8, 4) is 0 Å². The molecule has 0 spiro atoms. The Hall–Kier alpha value is -5.43. The number of amidine groups is 2. The zero-order valence-electron chi connectivity index (χ0n) is 33.3. The van der Waals surface area contributed by atoms with Crippen LogP contribution in [0.25, 0.3) is 0 Å². The second-order valence-corrected chi connectivity index (χ2v) is 21.0. The number of sulfone groups is 2. The highest BCUT2D eigenvalue weighted by Crippen LogP contribution is 2.39. The minimum Gasteiger partial charge on any atom is -0.386 e. The zero-order chi connectivity index (χ0) is 44.1. The third-order valence-corrected chi connectivity index (χ3v) is 16.0. The molecule has 0 unspecified atom stereocenters. The second kappa shape index (κ2) is 15.6. The van der Waals surface area contributed by atoms with E-state index in [1.54, 1.807) is 6.92 Å². The van der Waals surface area contributed by atoms with Gasteiger partial charge >= 0.3 is 0 Å². The van der Waals surface area contributed by atoms with Crippen LogP contribution in [0.4, 0.5) is 17.6 Å². The van der Waals surface area contributed by atoms with Crippen molar-refractivity contribution in [2.24, 2.45) is 21.5 Å². The summed E-state index contributed by atoms with van der Waals surface area (Å²) in [5, 5.41) is 0. The number of nitrogens with zero attached hydrogens (tertiary/aromatic N) is 5. The summed E-state index contributed by atoms with van der Waals surface area (Å²) in [5.74, 6) is -5.43. The summed E-state index contributed by atoms with van der Waals surface area (Å²) in [5.41, 5.74) is 10.1. The van der Waals surface area contributed by atoms with Crippen molar-refractivity contribution >= 4 is 42.9 Å². The number of pyridine rings is 1. The number of aromatic nitrogens is 3. The number of nitrogens with two attached hydrogens (primary N) is 2. The standard InChI is InChI=1S/C20H20F3N3O3S.C20H23FN4O3S/c1-19(2)18(24)26-20(3,10-30(19,28)29)13-6-11(4-5-14(13)22)7-16(27)17-15(23)8-12(21)9-25-17;1-12-9-24-16(10-23-12)17(26)8-13-5-6-15(21)14(7-13)20(4)11-29(27,28)19(2,3)18(22)25-20/h4-6,8-9H,7,10H2,1-3H3,(H2,24,26);5-7,9-10H,8,11H2,1-4H3,(H2,22,25)/t2*20-/m00/s1. The Morgan fingerprint density at radius 2 is 1.08 bits per heavy atom. The van der Waals surface area contributed by atoms with E-state index in [1.807, 2.05) is 0 Å². The summed E-state index contributed by atoms with van der Waals surface area (Å²) in [7, 11) is -7.43. The van der Waals surface area contributed by atoms with Crippen LogP contribution >= 0.6 is 0 Å². The van der Waals surface area contributed by atoms with E-state index >= 15 is 0 Å². The normalized spacial score (nSPS) is 22.6. The molecule has 13 nitrogen and oxygen atoms in total. The molecule has 0 aliphatic carbocycles. The number of halogens is 4. The van der Waals surface area contributed by atoms with E-state index in [-0.39, 0.29) is 52.9 Å². The Morgan fingerprint density at radius 3 is 1.49 bits per heavy atom. The first-order chi connectivity index (χ1) is 27.1. The number of benzene rings is 2. The summed E-state index contributed by atoms with van der Waals surface area (Å²) in [6.07, 6.45) is 3.23. The topological polar surface area (TPSA) is 218 Å². The smallest absolute Gasteiger partial charge is 0.188 e. The fourth-order valence-electron chi connectivity index (χ4n) is 6.45. The lowest BCUT2D eigenvalue weighted by atomic mass is 9.90.